The molecular formula is C28H24Cl3N3O2. The maximum Gasteiger partial charge on any atom is 0.277 e. The molecule has 1 aliphatic heterocycles. The van der Waals surface area contributed by atoms with Gasteiger partial charge in [-0.2, -0.15) is 5.10 Å². The highest BCUT2D eigenvalue weighted by Gasteiger charge is 2.38. The van der Waals surface area contributed by atoms with Gasteiger partial charge in [0.05, 0.1) is 16.8 Å². The number of rotatable bonds is 6. The molecule has 3 aromatic carbocycles. The number of benzene rings is 3. The number of ether oxygens (including phenoxy) is 1. The van der Waals surface area contributed by atoms with Gasteiger partial charge in [-0.05, 0) is 72.4 Å². The largest absolute Gasteiger partial charge is 0.482 e. The van der Waals surface area contributed by atoms with E-state index in [1.165, 1.54) is 5.56 Å². The van der Waals surface area contributed by atoms with Crippen molar-refractivity contribution in [1.82, 2.24) is 5.43 Å². The van der Waals surface area contributed by atoms with E-state index < -0.39 is 0 Å². The van der Waals surface area contributed by atoms with Gasteiger partial charge >= 0.3 is 0 Å². The van der Waals surface area contributed by atoms with Crippen LogP contribution in [0.25, 0.3) is 0 Å². The zero-order valence-electron chi connectivity index (χ0n) is 19.5. The Morgan fingerprint density at radius 3 is 2.69 bits per heavy atom. The van der Waals surface area contributed by atoms with Crippen molar-refractivity contribution in [2.45, 2.75) is 25.3 Å². The molecule has 184 valence electrons. The lowest BCUT2D eigenvalue weighted by Crippen LogP contribution is -2.29. The number of nitrogens with one attached hydrogen (secondary N) is 2. The first kappa shape index (κ1) is 24.7. The van der Waals surface area contributed by atoms with Gasteiger partial charge in [0, 0.05) is 21.7 Å². The minimum absolute atomic E-state index is 0.139. The Morgan fingerprint density at radius 1 is 1.06 bits per heavy atom. The number of hydrazone groups is 1. The maximum absolute atomic E-state index is 12.3. The van der Waals surface area contributed by atoms with E-state index in [2.05, 4.69) is 46.2 Å². The monoisotopic (exact) mass is 539 g/mol. The standard InChI is InChI=1S/C28H24Cl3N3O2/c1-16(33-34-27(35)15-36-26-12-10-18(29)14-24(26)31)17-9-11-25-22(13-17)19-6-4-7-20(19)28(32-25)21-5-2-3-8-23(21)30/h2-6,8-14,19-20,28,32H,7,15H2,1H3,(H,34,35)/b33-16-/t19-,20+,28-/m1/s1. The lowest BCUT2D eigenvalue weighted by molar-refractivity contribution is -0.123. The number of hydrogen-bond acceptors (Lipinski definition) is 4. The van der Waals surface area contributed by atoms with Crippen molar-refractivity contribution >= 4 is 52.1 Å². The molecule has 1 amide bonds. The van der Waals surface area contributed by atoms with Gasteiger partial charge in [-0.3, -0.25) is 4.79 Å². The third kappa shape index (κ3) is 5.10. The van der Waals surface area contributed by atoms with E-state index in [4.69, 9.17) is 39.5 Å². The Labute approximate surface area is 225 Å². The second-order valence-corrected chi connectivity index (χ2v) is 10.1. The second-order valence-electron chi connectivity index (χ2n) is 8.89. The molecule has 2 aliphatic rings. The number of fused-ring (bicyclic) bond motifs is 3. The van der Waals surface area contributed by atoms with Gasteiger partial charge in [0.15, 0.2) is 6.61 Å². The highest BCUT2D eigenvalue weighted by molar-refractivity contribution is 6.35. The fourth-order valence-corrected chi connectivity index (χ4v) is 5.55. The van der Waals surface area contributed by atoms with Crippen LogP contribution in [0.15, 0.2) is 77.9 Å². The van der Waals surface area contributed by atoms with E-state index >= 15 is 0 Å². The average Bonchev–Trinajstić information content (AvgIpc) is 3.37. The molecule has 1 aliphatic carbocycles. The smallest absolute Gasteiger partial charge is 0.277 e. The molecular weight excluding hydrogens is 517 g/mol. The predicted molar refractivity (Wildman–Crippen MR) is 147 cm³/mol. The number of anilines is 1. The molecule has 2 N–H and O–H groups in total. The molecule has 3 aromatic rings. The van der Waals surface area contributed by atoms with Gasteiger partial charge in [-0.15, -0.1) is 0 Å². The zero-order chi connectivity index (χ0) is 25.2. The number of amides is 1. The van der Waals surface area contributed by atoms with Crippen molar-refractivity contribution in [3.63, 3.8) is 0 Å². The molecule has 5 rings (SSSR count). The van der Waals surface area contributed by atoms with E-state index in [1.54, 1.807) is 18.2 Å². The minimum atomic E-state index is -0.388. The Morgan fingerprint density at radius 2 is 1.89 bits per heavy atom. The van der Waals surface area contributed by atoms with E-state index in [0.29, 0.717) is 27.4 Å². The summed E-state index contributed by atoms with van der Waals surface area (Å²) in [4.78, 5) is 12.3. The molecule has 8 heteroatoms. The van der Waals surface area contributed by atoms with E-state index in [9.17, 15) is 4.79 Å². The van der Waals surface area contributed by atoms with Gasteiger partial charge in [0.1, 0.15) is 5.75 Å². The molecule has 1 heterocycles. The summed E-state index contributed by atoms with van der Waals surface area (Å²) in [5.41, 5.74) is 7.61. The van der Waals surface area contributed by atoms with E-state index in [-0.39, 0.29) is 24.5 Å². The number of carbonyl (C=O) groups is 1. The molecule has 0 radical (unpaired) electrons. The molecule has 0 saturated carbocycles. The summed E-state index contributed by atoms with van der Waals surface area (Å²) in [5.74, 6) is 0.651. The van der Waals surface area contributed by atoms with Crippen molar-refractivity contribution in [3.8, 4) is 5.75 Å². The quantitative estimate of drug-likeness (QED) is 0.195. The lowest BCUT2D eigenvalue weighted by Gasteiger charge is -2.38. The van der Waals surface area contributed by atoms with Crippen molar-refractivity contribution in [1.29, 1.82) is 0 Å². The van der Waals surface area contributed by atoms with Crippen LogP contribution in [0.5, 0.6) is 5.75 Å². The van der Waals surface area contributed by atoms with Gasteiger partial charge in [0.2, 0.25) is 0 Å². The Hall–Kier alpha value is -2.99. The van der Waals surface area contributed by atoms with Crippen molar-refractivity contribution < 1.29 is 9.53 Å². The van der Waals surface area contributed by atoms with Gasteiger partial charge in [0.25, 0.3) is 5.91 Å². The highest BCUT2D eigenvalue weighted by atomic mass is 35.5. The third-order valence-electron chi connectivity index (χ3n) is 6.62. The van der Waals surface area contributed by atoms with Crippen LogP contribution < -0.4 is 15.5 Å². The molecule has 5 nitrogen and oxygen atoms in total. The second kappa shape index (κ2) is 10.6. The summed E-state index contributed by atoms with van der Waals surface area (Å²) in [6, 6.07) is 19.2. The average molecular weight is 541 g/mol. The molecule has 0 aromatic heterocycles. The van der Waals surface area contributed by atoms with E-state index in [1.807, 2.05) is 31.2 Å². The summed E-state index contributed by atoms with van der Waals surface area (Å²) in [7, 11) is 0. The van der Waals surface area contributed by atoms with Gasteiger partial charge < -0.3 is 10.1 Å². The Kier molecular flexibility index (Phi) is 7.24. The fourth-order valence-electron chi connectivity index (χ4n) is 4.83. The number of nitrogens with zero attached hydrogens (tertiary/aromatic N) is 1. The first-order valence-electron chi connectivity index (χ1n) is 11.6. The summed E-state index contributed by atoms with van der Waals surface area (Å²) in [6.07, 6.45) is 5.51. The van der Waals surface area contributed by atoms with Crippen LogP contribution in [0.3, 0.4) is 0 Å². The number of halogens is 3. The fraction of sp³-hybridized carbons (Fsp3) is 0.214. The molecule has 3 atom stereocenters. The number of allylic oxidation sites excluding steroid dienone is 2. The van der Waals surface area contributed by atoms with Crippen LogP contribution >= 0.6 is 34.8 Å². The lowest BCUT2D eigenvalue weighted by atomic mass is 9.76. The Bertz CT molecular complexity index is 1370. The van der Waals surface area contributed by atoms with Crippen molar-refractivity contribution in [2.24, 2.45) is 11.0 Å². The Balaban J connectivity index is 1.29. The molecule has 0 unspecified atom stereocenters. The summed E-state index contributed by atoms with van der Waals surface area (Å²) in [6.45, 7) is 1.65. The molecule has 0 fully saturated rings. The van der Waals surface area contributed by atoms with Crippen molar-refractivity contribution in [2.75, 3.05) is 11.9 Å². The SMILES string of the molecule is C/C(=N/NC(=O)COc1ccc(Cl)cc1Cl)c1ccc2c(c1)[C@@H]1C=CC[C@@H]1[C@H](c1ccccc1Cl)N2. The number of hydrogen-bond donors (Lipinski definition) is 2. The molecule has 36 heavy (non-hydrogen) atoms. The third-order valence-corrected chi connectivity index (χ3v) is 7.50. The zero-order valence-corrected chi connectivity index (χ0v) is 21.7. The van der Waals surface area contributed by atoms with Crippen LogP contribution in [-0.4, -0.2) is 18.2 Å². The van der Waals surface area contributed by atoms with Crippen LogP contribution in [0.1, 0.15) is 42.0 Å². The predicted octanol–water partition coefficient (Wildman–Crippen LogP) is 7.39. The first-order valence-corrected chi connectivity index (χ1v) is 12.8. The van der Waals surface area contributed by atoms with Crippen molar-refractivity contribution in [3.05, 3.63) is 105 Å². The van der Waals surface area contributed by atoms with Crippen LogP contribution in [0, 0.1) is 5.92 Å². The number of carbonyl (C=O) groups excluding carboxylic acids is 1. The van der Waals surface area contributed by atoms with Crippen LogP contribution in [-0.2, 0) is 4.79 Å². The summed E-state index contributed by atoms with van der Waals surface area (Å²) >= 11 is 18.5. The first-order chi connectivity index (χ1) is 17.4. The van der Waals surface area contributed by atoms with Gasteiger partial charge in [-0.25, -0.2) is 5.43 Å². The molecule has 0 bridgehead atoms. The molecule has 0 saturated heterocycles. The van der Waals surface area contributed by atoms with Crippen LogP contribution in [0.2, 0.25) is 15.1 Å². The topological polar surface area (TPSA) is 62.7 Å². The summed E-state index contributed by atoms with van der Waals surface area (Å²) in [5, 5.41) is 9.61. The highest BCUT2D eigenvalue weighted by Crippen LogP contribution is 2.50. The molecule has 0 spiro atoms. The summed E-state index contributed by atoms with van der Waals surface area (Å²) < 4.78 is 5.47. The normalized spacial score (nSPS) is 20.3. The van der Waals surface area contributed by atoms with E-state index in [0.717, 1.165) is 28.3 Å². The van der Waals surface area contributed by atoms with Crippen LogP contribution in [0.4, 0.5) is 5.69 Å². The minimum Gasteiger partial charge on any atom is -0.482 e. The van der Waals surface area contributed by atoms with Gasteiger partial charge in [-0.1, -0.05) is 71.2 Å². The maximum atomic E-state index is 12.3.